The Hall–Kier alpha value is -3.25. The van der Waals surface area contributed by atoms with Gasteiger partial charge in [-0.1, -0.05) is 66.7 Å². The summed E-state index contributed by atoms with van der Waals surface area (Å²) in [4.78, 5) is 28.5. The number of benzene rings is 3. The number of nitrogens with zero attached hydrogens (tertiary/aromatic N) is 1. The van der Waals surface area contributed by atoms with E-state index in [0.29, 0.717) is 31.0 Å². The maximum absolute atomic E-state index is 13.6. The second kappa shape index (κ2) is 13.6. The molecule has 0 aliphatic carbocycles. The molecule has 35 heavy (non-hydrogen) atoms. The fraction of sp³-hybridized carbons (Fsp3) is 0.310. The van der Waals surface area contributed by atoms with Gasteiger partial charge in [0.25, 0.3) is 0 Å². The van der Waals surface area contributed by atoms with Crippen LogP contribution in [0.3, 0.4) is 0 Å². The number of ether oxygens (including phenoxy) is 1. The minimum Gasteiger partial charge on any atom is -0.497 e. The number of nitrogens with one attached hydrogen (secondary N) is 1. The SMILES string of the molecule is CCNC(=O)[C@@H](Cc1ccccc1)N(Cc1ccccc1C)C(=O)CSCc1ccc(OC)cc1. The van der Waals surface area contributed by atoms with E-state index in [1.807, 2.05) is 92.7 Å². The Morgan fingerprint density at radius 3 is 2.29 bits per heavy atom. The third-order valence-electron chi connectivity index (χ3n) is 5.88. The van der Waals surface area contributed by atoms with E-state index in [1.54, 1.807) is 23.8 Å². The molecule has 0 radical (unpaired) electrons. The molecule has 0 bridgehead atoms. The molecule has 2 amide bonds. The number of carbonyl (C=O) groups is 2. The van der Waals surface area contributed by atoms with Crippen LogP contribution < -0.4 is 10.1 Å². The summed E-state index contributed by atoms with van der Waals surface area (Å²) in [7, 11) is 1.64. The highest BCUT2D eigenvalue weighted by Gasteiger charge is 2.30. The normalized spacial score (nSPS) is 11.5. The molecule has 0 aliphatic rings. The van der Waals surface area contributed by atoms with Gasteiger partial charge >= 0.3 is 0 Å². The van der Waals surface area contributed by atoms with Crippen LogP contribution in [0, 0.1) is 6.92 Å². The molecule has 0 aromatic heterocycles. The molecule has 0 saturated carbocycles. The minimum absolute atomic E-state index is 0.0426. The number of likely N-dealkylation sites (N-methyl/N-ethyl adjacent to an activating group) is 1. The molecule has 3 aromatic carbocycles. The first-order valence-electron chi connectivity index (χ1n) is 11.9. The molecular formula is C29H34N2O3S. The standard InChI is InChI=1S/C29H34N2O3S/c1-4-30-29(33)27(18-23-11-6-5-7-12-23)31(19-25-13-9-8-10-22(25)2)28(32)21-35-20-24-14-16-26(34-3)17-15-24/h5-17,27H,4,18-21H2,1-3H3,(H,30,33)/t27-/m1/s1. The molecule has 3 aromatic rings. The van der Waals surface area contributed by atoms with Gasteiger partial charge in [0.1, 0.15) is 11.8 Å². The molecule has 5 nitrogen and oxygen atoms in total. The van der Waals surface area contributed by atoms with Gasteiger partial charge in [-0.25, -0.2) is 0 Å². The molecule has 6 heteroatoms. The summed E-state index contributed by atoms with van der Waals surface area (Å²) < 4.78 is 5.22. The van der Waals surface area contributed by atoms with E-state index in [9.17, 15) is 9.59 Å². The van der Waals surface area contributed by atoms with Gasteiger partial charge in [0.15, 0.2) is 0 Å². The monoisotopic (exact) mass is 490 g/mol. The van der Waals surface area contributed by atoms with Crippen LogP contribution >= 0.6 is 11.8 Å². The van der Waals surface area contributed by atoms with Crippen molar-refractivity contribution in [1.29, 1.82) is 0 Å². The van der Waals surface area contributed by atoms with Gasteiger partial charge in [0.05, 0.1) is 12.9 Å². The smallest absolute Gasteiger partial charge is 0.243 e. The van der Waals surface area contributed by atoms with Crippen LogP contribution in [-0.4, -0.2) is 42.2 Å². The lowest BCUT2D eigenvalue weighted by Gasteiger charge is -2.32. The average molecular weight is 491 g/mol. The Morgan fingerprint density at radius 2 is 1.63 bits per heavy atom. The van der Waals surface area contributed by atoms with Crippen LogP contribution in [0.15, 0.2) is 78.9 Å². The first-order valence-corrected chi connectivity index (χ1v) is 13.0. The summed E-state index contributed by atoms with van der Waals surface area (Å²) in [6.45, 7) is 4.84. The van der Waals surface area contributed by atoms with Gasteiger partial charge in [0, 0.05) is 25.3 Å². The Bertz CT molecular complexity index is 1090. The van der Waals surface area contributed by atoms with E-state index in [0.717, 1.165) is 28.0 Å². The molecule has 0 unspecified atom stereocenters. The summed E-state index contributed by atoms with van der Waals surface area (Å²) in [6.07, 6.45) is 0.466. The first kappa shape index (κ1) is 26.4. The molecule has 1 atom stereocenters. The van der Waals surface area contributed by atoms with Crippen molar-refractivity contribution < 1.29 is 14.3 Å². The van der Waals surface area contributed by atoms with Crippen LogP contribution in [0.25, 0.3) is 0 Å². The number of amides is 2. The summed E-state index contributed by atoms with van der Waals surface area (Å²) >= 11 is 1.56. The van der Waals surface area contributed by atoms with Gasteiger partial charge in [-0.05, 0) is 48.2 Å². The largest absolute Gasteiger partial charge is 0.497 e. The number of methoxy groups -OCH3 is 1. The minimum atomic E-state index is -0.592. The lowest BCUT2D eigenvalue weighted by Crippen LogP contribution is -2.51. The number of rotatable bonds is 12. The molecule has 3 rings (SSSR count). The quantitative estimate of drug-likeness (QED) is 0.388. The van der Waals surface area contributed by atoms with E-state index in [-0.39, 0.29) is 11.8 Å². The van der Waals surface area contributed by atoms with Crippen molar-refractivity contribution in [3.63, 3.8) is 0 Å². The zero-order valence-corrected chi connectivity index (χ0v) is 21.5. The predicted molar refractivity (Wildman–Crippen MR) is 144 cm³/mol. The van der Waals surface area contributed by atoms with Crippen molar-refractivity contribution in [2.24, 2.45) is 0 Å². The van der Waals surface area contributed by atoms with Crippen LogP contribution in [0.1, 0.15) is 29.2 Å². The van der Waals surface area contributed by atoms with Crippen LogP contribution in [0.4, 0.5) is 0 Å². The topological polar surface area (TPSA) is 58.6 Å². The summed E-state index contributed by atoms with van der Waals surface area (Å²) in [5.74, 6) is 1.64. The Morgan fingerprint density at radius 1 is 0.943 bits per heavy atom. The zero-order valence-electron chi connectivity index (χ0n) is 20.7. The fourth-order valence-electron chi connectivity index (χ4n) is 3.88. The number of aryl methyl sites for hydroxylation is 1. The summed E-state index contributed by atoms with van der Waals surface area (Å²) in [6, 6.07) is 25.2. The third kappa shape index (κ3) is 7.89. The highest BCUT2D eigenvalue weighted by atomic mass is 32.2. The average Bonchev–Trinajstić information content (AvgIpc) is 2.88. The van der Waals surface area contributed by atoms with Gasteiger partial charge in [-0.2, -0.15) is 0 Å². The van der Waals surface area contributed by atoms with E-state index in [1.165, 1.54) is 0 Å². The van der Waals surface area contributed by atoms with Crippen molar-refractivity contribution in [2.45, 2.75) is 38.6 Å². The molecule has 0 fully saturated rings. The lowest BCUT2D eigenvalue weighted by molar-refractivity contribution is -0.139. The number of carbonyl (C=O) groups excluding carboxylic acids is 2. The van der Waals surface area contributed by atoms with E-state index in [4.69, 9.17) is 4.74 Å². The van der Waals surface area contributed by atoms with Crippen molar-refractivity contribution >= 4 is 23.6 Å². The number of thioether (sulfide) groups is 1. The van der Waals surface area contributed by atoms with Crippen molar-refractivity contribution in [3.8, 4) is 5.75 Å². The Labute approximate surface area is 212 Å². The van der Waals surface area contributed by atoms with E-state index >= 15 is 0 Å². The summed E-state index contributed by atoms with van der Waals surface area (Å²) in [5, 5.41) is 2.94. The van der Waals surface area contributed by atoms with Crippen LogP contribution in [0.2, 0.25) is 0 Å². The maximum Gasteiger partial charge on any atom is 0.243 e. The Balaban J connectivity index is 1.81. The molecule has 0 saturated heterocycles. The van der Waals surface area contributed by atoms with Gasteiger partial charge in [-0.15, -0.1) is 11.8 Å². The zero-order chi connectivity index (χ0) is 25.0. The third-order valence-corrected chi connectivity index (χ3v) is 6.87. The lowest BCUT2D eigenvalue weighted by atomic mass is 10.0. The van der Waals surface area contributed by atoms with Crippen molar-refractivity contribution in [2.75, 3.05) is 19.4 Å². The number of hydrogen-bond donors (Lipinski definition) is 1. The van der Waals surface area contributed by atoms with Crippen LogP contribution in [0.5, 0.6) is 5.75 Å². The molecule has 0 heterocycles. The van der Waals surface area contributed by atoms with E-state index in [2.05, 4.69) is 5.32 Å². The van der Waals surface area contributed by atoms with Crippen molar-refractivity contribution in [1.82, 2.24) is 10.2 Å². The first-order chi connectivity index (χ1) is 17.0. The van der Waals surface area contributed by atoms with Gasteiger partial charge in [0.2, 0.25) is 11.8 Å². The highest BCUT2D eigenvalue weighted by Crippen LogP contribution is 2.21. The molecule has 1 N–H and O–H groups in total. The van der Waals surface area contributed by atoms with E-state index < -0.39 is 6.04 Å². The van der Waals surface area contributed by atoms with Crippen molar-refractivity contribution in [3.05, 3.63) is 101 Å². The highest BCUT2D eigenvalue weighted by molar-refractivity contribution is 7.99. The van der Waals surface area contributed by atoms with Gasteiger partial charge in [-0.3, -0.25) is 9.59 Å². The molecule has 0 aliphatic heterocycles. The molecule has 184 valence electrons. The fourth-order valence-corrected chi connectivity index (χ4v) is 4.75. The Kier molecular flexibility index (Phi) is 10.2. The second-order valence-electron chi connectivity index (χ2n) is 8.39. The predicted octanol–water partition coefficient (Wildman–Crippen LogP) is 5.01. The maximum atomic E-state index is 13.6. The summed E-state index contributed by atoms with van der Waals surface area (Å²) in [5.41, 5.74) is 4.30. The molecule has 0 spiro atoms. The van der Waals surface area contributed by atoms with Crippen LogP contribution in [-0.2, 0) is 28.3 Å². The number of hydrogen-bond acceptors (Lipinski definition) is 4. The molecular weight excluding hydrogens is 456 g/mol. The second-order valence-corrected chi connectivity index (χ2v) is 9.37. The van der Waals surface area contributed by atoms with Gasteiger partial charge < -0.3 is 15.0 Å².